The minimum absolute atomic E-state index is 0.0492. The van der Waals surface area contributed by atoms with Gasteiger partial charge < -0.3 is 19.5 Å². The molecule has 2 saturated heterocycles. The fourth-order valence-corrected chi connectivity index (χ4v) is 7.07. The average molecular weight is 559 g/mol. The molecule has 41 heavy (non-hydrogen) atoms. The lowest BCUT2D eigenvalue weighted by atomic mass is 9.93. The maximum atomic E-state index is 6.58. The third kappa shape index (κ3) is 6.26. The molecule has 7 nitrogen and oxygen atoms in total. The number of hydrogen-bond donors (Lipinski definition) is 2. The molecular weight excluding hydrogens is 512 g/mol. The third-order valence-electron chi connectivity index (χ3n) is 9.06. The molecule has 1 aromatic heterocycles. The van der Waals surface area contributed by atoms with Crippen LogP contribution in [0.2, 0.25) is 0 Å². The Bertz CT molecular complexity index is 1330. The molecular formula is C34H46N4O3. The van der Waals surface area contributed by atoms with E-state index in [-0.39, 0.29) is 11.3 Å². The molecule has 1 atom stereocenters. The summed E-state index contributed by atoms with van der Waals surface area (Å²) in [6, 6.07) is 14.5. The standard InChI is InChI=1S/C34H46N4O3/c1-22-14-23(2)16-26(15-22)32-31(24(3)18-35-13-12-25-6-11-29-30(17-25)41-21-40-29)33(37-36-32)39-20-34(4,5)19-38-27-7-8-28(38)10-9-27/h6,11,14-17,24,27-28,35H,7-10,12-13,18-21H2,1-5H3,(H,36,37)/t24-,27?,28?/m1/s1. The van der Waals surface area contributed by atoms with Crippen LogP contribution in [0, 0.1) is 19.3 Å². The molecule has 2 fully saturated rings. The second kappa shape index (κ2) is 11.7. The van der Waals surface area contributed by atoms with Crippen LogP contribution in [0.5, 0.6) is 17.4 Å². The molecule has 0 radical (unpaired) electrons. The van der Waals surface area contributed by atoms with Gasteiger partial charge in [-0.15, -0.1) is 5.10 Å². The molecule has 0 amide bonds. The van der Waals surface area contributed by atoms with Crippen LogP contribution in [0.4, 0.5) is 0 Å². The van der Waals surface area contributed by atoms with Gasteiger partial charge in [-0.2, -0.15) is 0 Å². The quantitative estimate of drug-likeness (QED) is 0.251. The van der Waals surface area contributed by atoms with E-state index >= 15 is 0 Å². The van der Waals surface area contributed by atoms with Crippen LogP contribution >= 0.6 is 0 Å². The predicted octanol–water partition coefficient (Wildman–Crippen LogP) is 6.39. The summed E-state index contributed by atoms with van der Waals surface area (Å²) in [5, 5.41) is 11.8. The molecule has 0 unspecified atom stereocenters. The van der Waals surface area contributed by atoms with Crippen molar-refractivity contribution in [3.05, 3.63) is 58.7 Å². The van der Waals surface area contributed by atoms with Gasteiger partial charge in [0.05, 0.1) is 12.3 Å². The molecule has 3 aliphatic rings. The van der Waals surface area contributed by atoms with Gasteiger partial charge in [0.15, 0.2) is 11.5 Å². The van der Waals surface area contributed by atoms with E-state index in [9.17, 15) is 0 Å². The highest BCUT2D eigenvalue weighted by Crippen LogP contribution is 2.40. The van der Waals surface area contributed by atoms with Crippen LogP contribution in [-0.4, -0.2) is 60.2 Å². The van der Waals surface area contributed by atoms with Gasteiger partial charge in [0, 0.05) is 47.6 Å². The maximum Gasteiger partial charge on any atom is 0.236 e. The number of benzene rings is 2. The van der Waals surface area contributed by atoms with Crippen LogP contribution in [0.3, 0.4) is 0 Å². The molecule has 6 rings (SSSR count). The number of rotatable bonds is 12. The van der Waals surface area contributed by atoms with Crippen LogP contribution in [0.25, 0.3) is 11.3 Å². The van der Waals surface area contributed by atoms with Crippen LogP contribution in [0.1, 0.15) is 74.6 Å². The molecule has 0 saturated carbocycles. The Morgan fingerprint density at radius 2 is 1.73 bits per heavy atom. The first-order chi connectivity index (χ1) is 19.8. The Hall–Kier alpha value is -3.03. The maximum absolute atomic E-state index is 6.58. The summed E-state index contributed by atoms with van der Waals surface area (Å²) in [5.74, 6) is 2.63. The Morgan fingerprint density at radius 1 is 1.02 bits per heavy atom. The molecule has 2 bridgehead atoms. The largest absolute Gasteiger partial charge is 0.476 e. The van der Waals surface area contributed by atoms with Crippen molar-refractivity contribution in [3.8, 4) is 28.6 Å². The first-order valence-corrected chi connectivity index (χ1v) is 15.4. The molecule has 0 aliphatic carbocycles. The van der Waals surface area contributed by atoms with Gasteiger partial charge in [-0.25, -0.2) is 0 Å². The highest BCUT2D eigenvalue weighted by atomic mass is 16.7. The van der Waals surface area contributed by atoms with E-state index < -0.39 is 0 Å². The number of nitrogens with zero attached hydrogens (tertiary/aromatic N) is 2. The number of aryl methyl sites for hydroxylation is 2. The minimum Gasteiger partial charge on any atom is -0.476 e. The van der Waals surface area contributed by atoms with Crippen molar-refractivity contribution in [1.82, 2.24) is 20.4 Å². The van der Waals surface area contributed by atoms with Gasteiger partial charge >= 0.3 is 0 Å². The molecule has 7 heteroatoms. The van der Waals surface area contributed by atoms with E-state index in [2.05, 4.69) is 80.3 Å². The van der Waals surface area contributed by atoms with Crippen molar-refractivity contribution in [1.29, 1.82) is 0 Å². The SMILES string of the molecule is Cc1cc(C)cc(-c2[nH]nc(OCC(C)(C)CN3C4CCC3CC4)c2[C@H](C)CNCCc2ccc3c(c2)OCO3)c1. The smallest absolute Gasteiger partial charge is 0.236 e. The zero-order chi connectivity index (χ0) is 28.6. The molecule has 2 N–H and O–H groups in total. The van der Waals surface area contributed by atoms with E-state index in [0.29, 0.717) is 13.4 Å². The fourth-order valence-electron chi connectivity index (χ4n) is 7.07. The summed E-state index contributed by atoms with van der Waals surface area (Å²) < 4.78 is 17.6. The predicted molar refractivity (Wildman–Crippen MR) is 163 cm³/mol. The Morgan fingerprint density at radius 3 is 2.46 bits per heavy atom. The van der Waals surface area contributed by atoms with Gasteiger partial charge in [-0.3, -0.25) is 10.00 Å². The van der Waals surface area contributed by atoms with Gasteiger partial charge in [0.2, 0.25) is 12.7 Å². The van der Waals surface area contributed by atoms with Crippen LogP contribution in [0.15, 0.2) is 36.4 Å². The lowest BCUT2D eigenvalue weighted by Gasteiger charge is -2.32. The second-order valence-electron chi connectivity index (χ2n) is 13.3. The van der Waals surface area contributed by atoms with Crippen molar-refractivity contribution in [2.75, 3.05) is 33.0 Å². The Labute approximate surface area is 245 Å². The number of H-pyrrole nitrogens is 1. The van der Waals surface area contributed by atoms with Gasteiger partial charge in [-0.1, -0.05) is 44.0 Å². The van der Waals surface area contributed by atoms with E-state index in [1.807, 2.05) is 6.07 Å². The fraction of sp³-hybridized carbons (Fsp3) is 0.559. The van der Waals surface area contributed by atoms with Gasteiger partial charge in [-0.05, 0) is 82.3 Å². The molecule has 3 aliphatic heterocycles. The normalized spacial score (nSPS) is 20.6. The van der Waals surface area contributed by atoms with Crippen molar-refractivity contribution >= 4 is 0 Å². The Balaban J connectivity index is 1.14. The number of aromatic amines is 1. The summed E-state index contributed by atoms with van der Waals surface area (Å²) in [5.41, 5.74) is 7.17. The summed E-state index contributed by atoms with van der Waals surface area (Å²) in [6.07, 6.45) is 6.38. The lowest BCUT2D eigenvalue weighted by Crippen LogP contribution is -2.40. The summed E-state index contributed by atoms with van der Waals surface area (Å²) in [7, 11) is 0. The summed E-state index contributed by atoms with van der Waals surface area (Å²) >= 11 is 0. The van der Waals surface area contributed by atoms with Crippen LogP contribution in [-0.2, 0) is 6.42 Å². The highest BCUT2D eigenvalue weighted by molar-refractivity contribution is 5.67. The number of aromatic nitrogens is 2. The lowest BCUT2D eigenvalue weighted by molar-refractivity contribution is 0.103. The molecule has 4 heterocycles. The van der Waals surface area contributed by atoms with E-state index in [1.165, 1.54) is 47.9 Å². The monoisotopic (exact) mass is 558 g/mol. The van der Waals surface area contributed by atoms with Crippen molar-refractivity contribution in [2.24, 2.45) is 5.41 Å². The van der Waals surface area contributed by atoms with E-state index in [0.717, 1.165) is 66.8 Å². The number of ether oxygens (including phenoxy) is 3. The average Bonchev–Trinajstić information content (AvgIpc) is 3.73. The van der Waals surface area contributed by atoms with Crippen molar-refractivity contribution in [2.45, 2.75) is 84.7 Å². The number of hydrogen-bond acceptors (Lipinski definition) is 6. The summed E-state index contributed by atoms with van der Waals surface area (Å²) in [6.45, 7) is 15.0. The molecule has 0 spiro atoms. The van der Waals surface area contributed by atoms with E-state index in [4.69, 9.17) is 19.3 Å². The van der Waals surface area contributed by atoms with Gasteiger partial charge in [0.1, 0.15) is 0 Å². The molecule has 3 aromatic rings. The third-order valence-corrected chi connectivity index (χ3v) is 9.06. The Kier molecular flexibility index (Phi) is 8.01. The first kappa shape index (κ1) is 28.1. The second-order valence-corrected chi connectivity index (χ2v) is 13.3. The molecule has 2 aromatic carbocycles. The summed E-state index contributed by atoms with van der Waals surface area (Å²) in [4.78, 5) is 2.75. The van der Waals surface area contributed by atoms with Gasteiger partial charge in [0.25, 0.3) is 0 Å². The zero-order valence-electron chi connectivity index (χ0n) is 25.4. The van der Waals surface area contributed by atoms with Crippen LogP contribution < -0.4 is 19.5 Å². The van der Waals surface area contributed by atoms with Crippen molar-refractivity contribution in [3.63, 3.8) is 0 Å². The first-order valence-electron chi connectivity index (χ1n) is 15.4. The van der Waals surface area contributed by atoms with Crippen molar-refractivity contribution < 1.29 is 14.2 Å². The minimum atomic E-state index is 0.0492. The topological polar surface area (TPSA) is 71.6 Å². The zero-order valence-corrected chi connectivity index (χ0v) is 25.4. The molecule has 220 valence electrons. The van der Waals surface area contributed by atoms with E-state index in [1.54, 1.807) is 0 Å². The number of nitrogens with one attached hydrogen (secondary N) is 2. The number of fused-ring (bicyclic) bond motifs is 3. The highest BCUT2D eigenvalue weighted by Gasteiger charge is 2.41.